The maximum absolute atomic E-state index is 12.3. The SMILES string of the molecule is CCCCOc1ccc(C(=O)Oc2ccc(OCCCCCC[Si](C)(C)C)cc2)cc1. The van der Waals surface area contributed by atoms with Crippen LogP contribution in [0.3, 0.4) is 0 Å². The van der Waals surface area contributed by atoms with Gasteiger partial charge in [0.2, 0.25) is 0 Å². The highest BCUT2D eigenvalue weighted by molar-refractivity contribution is 6.76. The highest BCUT2D eigenvalue weighted by atomic mass is 28.3. The summed E-state index contributed by atoms with van der Waals surface area (Å²) in [5, 5.41) is 0. The van der Waals surface area contributed by atoms with Gasteiger partial charge in [0.25, 0.3) is 0 Å². The second-order valence-electron chi connectivity index (χ2n) is 9.16. The Balaban J connectivity index is 1.68. The van der Waals surface area contributed by atoms with Crippen LogP contribution in [0.2, 0.25) is 25.7 Å². The summed E-state index contributed by atoms with van der Waals surface area (Å²) in [6.07, 6.45) is 7.01. The minimum Gasteiger partial charge on any atom is -0.494 e. The fourth-order valence-corrected chi connectivity index (χ4v) is 4.40. The Morgan fingerprint density at radius 2 is 1.23 bits per heavy atom. The predicted molar refractivity (Wildman–Crippen MR) is 130 cm³/mol. The summed E-state index contributed by atoms with van der Waals surface area (Å²) in [5.41, 5.74) is 0.497. The van der Waals surface area contributed by atoms with Crippen LogP contribution in [0.4, 0.5) is 0 Å². The Labute approximate surface area is 188 Å². The fraction of sp³-hybridized carbons (Fsp3) is 0.500. The number of esters is 1. The summed E-state index contributed by atoms with van der Waals surface area (Å²) in [7, 11) is -0.899. The van der Waals surface area contributed by atoms with E-state index in [0.717, 1.165) is 37.4 Å². The Morgan fingerprint density at radius 3 is 1.81 bits per heavy atom. The molecule has 0 heterocycles. The molecule has 4 nitrogen and oxygen atoms in total. The molecule has 0 saturated heterocycles. The van der Waals surface area contributed by atoms with E-state index in [0.29, 0.717) is 17.9 Å². The highest BCUT2D eigenvalue weighted by Crippen LogP contribution is 2.20. The van der Waals surface area contributed by atoms with Gasteiger partial charge in [-0.2, -0.15) is 0 Å². The van der Waals surface area contributed by atoms with E-state index in [-0.39, 0.29) is 5.97 Å². The fourth-order valence-electron chi connectivity index (χ4n) is 3.09. The topological polar surface area (TPSA) is 44.8 Å². The molecule has 2 aromatic rings. The molecule has 2 aromatic carbocycles. The van der Waals surface area contributed by atoms with Gasteiger partial charge in [-0.05, 0) is 61.4 Å². The Bertz CT molecular complexity index is 763. The van der Waals surface area contributed by atoms with E-state index in [2.05, 4.69) is 26.6 Å². The first-order valence-corrected chi connectivity index (χ1v) is 15.3. The van der Waals surface area contributed by atoms with Crippen LogP contribution in [0.25, 0.3) is 0 Å². The smallest absolute Gasteiger partial charge is 0.343 e. The lowest BCUT2D eigenvalue weighted by Gasteiger charge is -2.14. The number of carbonyl (C=O) groups excluding carboxylic acids is 1. The van der Waals surface area contributed by atoms with Gasteiger partial charge in [0, 0.05) is 8.07 Å². The molecule has 0 aliphatic carbocycles. The van der Waals surface area contributed by atoms with E-state index in [4.69, 9.17) is 14.2 Å². The van der Waals surface area contributed by atoms with Crippen LogP contribution in [0.5, 0.6) is 17.2 Å². The summed E-state index contributed by atoms with van der Waals surface area (Å²) >= 11 is 0. The van der Waals surface area contributed by atoms with Gasteiger partial charge in [0.15, 0.2) is 0 Å². The minimum atomic E-state index is -0.899. The number of benzene rings is 2. The maximum atomic E-state index is 12.3. The number of carbonyl (C=O) groups is 1. The van der Waals surface area contributed by atoms with Crippen LogP contribution in [-0.4, -0.2) is 27.3 Å². The summed E-state index contributed by atoms with van der Waals surface area (Å²) in [6, 6.07) is 15.7. The number of hydrogen-bond acceptors (Lipinski definition) is 4. The van der Waals surface area contributed by atoms with Crippen molar-refractivity contribution in [3.8, 4) is 17.2 Å². The standard InChI is InChI=1S/C26H38O4Si/c1-5-6-19-28-23-13-11-22(12-14-23)26(27)30-25-17-15-24(16-18-25)29-20-9-7-8-10-21-31(2,3)4/h11-18H,5-10,19-21H2,1-4H3. The van der Waals surface area contributed by atoms with E-state index >= 15 is 0 Å². The maximum Gasteiger partial charge on any atom is 0.343 e. The van der Waals surface area contributed by atoms with Crippen molar-refractivity contribution >= 4 is 14.0 Å². The molecule has 2 rings (SSSR count). The summed E-state index contributed by atoms with van der Waals surface area (Å²) in [5.74, 6) is 1.69. The second kappa shape index (κ2) is 13.2. The molecule has 0 fully saturated rings. The van der Waals surface area contributed by atoms with Crippen LogP contribution in [0.15, 0.2) is 48.5 Å². The summed E-state index contributed by atoms with van der Waals surface area (Å²) in [4.78, 5) is 12.3. The first-order chi connectivity index (χ1) is 14.9. The first kappa shape index (κ1) is 25.0. The average Bonchev–Trinajstić information content (AvgIpc) is 2.74. The molecule has 0 atom stereocenters. The second-order valence-corrected chi connectivity index (χ2v) is 14.8. The van der Waals surface area contributed by atoms with Crippen molar-refractivity contribution < 1.29 is 19.0 Å². The molecule has 0 aromatic heterocycles. The van der Waals surface area contributed by atoms with E-state index < -0.39 is 8.07 Å². The molecule has 0 spiro atoms. The largest absolute Gasteiger partial charge is 0.494 e. The third kappa shape index (κ3) is 10.5. The van der Waals surface area contributed by atoms with Gasteiger partial charge in [-0.15, -0.1) is 0 Å². The number of hydrogen-bond donors (Lipinski definition) is 0. The van der Waals surface area contributed by atoms with Crippen molar-refractivity contribution in [2.75, 3.05) is 13.2 Å². The van der Waals surface area contributed by atoms with Crippen molar-refractivity contribution in [3.63, 3.8) is 0 Å². The van der Waals surface area contributed by atoms with Gasteiger partial charge < -0.3 is 14.2 Å². The Morgan fingerprint density at radius 1 is 0.710 bits per heavy atom. The van der Waals surface area contributed by atoms with Crippen LogP contribution in [-0.2, 0) is 0 Å². The Kier molecular flexibility index (Phi) is 10.6. The minimum absolute atomic E-state index is 0.382. The third-order valence-electron chi connectivity index (χ3n) is 4.98. The summed E-state index contributed by atoms with van der Waals surface area (Å²) < 4.78 is 16.9. The number of ether oxygens (including phenoxy) is 3. The molecule has 0 saturated carbocycles. The lowest BCUT2D eigenvalue weighted by molar-refractivity contribution is 0.0734. The Hall–Kier alpha value is -2.27. The van der Waals surface area contributed by atoms with Crippen LogP contribution in [0.1, 0.15) is 55.8 Å². The zero-order chi connectivity index (χ0) is 22.5. The van der Waals surface area contributed by atoms with Gasteiger partial charge >= 0.3 is 5.97 Å². The third-order valence-corrected chi connectivity index (χ3v) is 6.83. The van der Waals surface area contributed by atoms with Crippen LogP contribution in [0, 0.1) is 0 Å². The highest BCUT2D eigenvalue weighted by Gasteiger charge is 2.11. The van der Waals surface area contributed by atoms with Gasteiger partial charge in [-0.1, -0.05) is 58.3 Å². The van der Waals surface area contributed by atoms with Gasteiger partial charge in [-0.25, -0.2) is 4.79 Å². The molecule has 0 aliphatic rings. The van der Waals surface area contributed by atoms with E-state index in [1.165, 1.54) is 25.3 Å². The monoisotopic (exact) mass is 442 g/mol. The van der Waals surface area contributed by atoms with Crippen LogP contribution < -0.4 is 14.2 Å². The predicted octanol–water partition coefficient (Wildman–Crippen LogP) is 7.36. The molecular formula is C26H38O4Si. The zero-order valence-corrected chi connectivity index (χ0v) is 20.6. The zero-order valence-electron chi connectivity index (χ0n) is 19.6. The van der Waals surface area contributed by atoms with E-state index in [9.17, 15) is 4.79 Å². The van der Waals surface area contributed by atoms with Crippen molar-refractivity contribution in [1.29, 1.82) is 0 Å². The quantitative estimate of drug-likeness (QED) is 0.133. The number of rotatable bonds is 14. The van der Waals surface area contributed by atoms with Crippen LogP contribution >= 0.6 is 0 Å². The van der Waals surface area contributed by atoms with Gasteiger partial charge in [0.1, 0.15) is 17.2 Å². The van der Waals surface area contributed by atoms with E-state index in [1.54, 1.807) is 36.4 Å². The lowest BCUT2D eigenvalue weighted by Crippen LogP contribution is -2.18. The molecule has 0 amide bonds. The summed E-state index contributed by atoms with van der Waals surface area (Å²) in [6.45, 7) is 10.8. The van der Waals surface area contributed by atoms with Crippen molar-refractivity contribution in [1.82, 2.24) is 0 Å². The average molecular weight is 443 g/mol. The van der Waals surface area contributed by atoms with Crippen molar-refractivity contribution in [2.24, 2.45) is 0 Å². The van der Waals surface area contributed by atoms with Gasteiger partial charge in [0.05, 0.1) is 18.8 Å². The number of unbranched alkanes of at least 4 members (excludes halogenated alkanes) is 4. The normalized spacial score (nSPS) is 11.2. The molecule has 0 bridgehead atoms. The molecule has 0 unspecified atom stereocenters. The van der Waals surface area contributed by atoms with Gasteiger partial charge in [-0.3, -0.25) is 0 Å². The first-order valence-electron chi connectivity index (χ1n) is 11.6. The molecule has 5 heteroatoms. The molecule has 0 N–H and O–H groups in total. The molecule has 31 heavy (non-hydrogen) atoms. The molecular weight excluding hydrogens is 404 g/mol. The molecule has 0 radical (unpaired) electrons. The van der Waals surface area contributed by atoms with Crippen molar-refractivity contribution in [2.45, 2.75) is 71.1 Å². The van der Waals surface area contributed by atoms with Crippen molar-refractivity contribution in [3.05, 3.63) is 54.1 Å². The van der Waals surface area contributed by atoms with E-state index in [1.807, 2.05) is 12.1 Å². The molecule has 170 valence electrons. The lowest BCUT2D eigenvalue weighted by atomic mass is 10.2. The molecule has 0 aliphatic heterocycles.